The normalized spacial score (nSPS) is 15.7. The number of amides is 2. The second kappa shape index (κ2) is 7.34. The average Bonchev–Trinajstić information content (AvgIpc) is 3.31. The van der Waals surface area contributed by atoms with E-state index in [4.69, 9.17) is 0 Å². The molecule has 0 fully saturated rings. The molecule has 0 radical (unpaired) electrons. The number of hydrogen-bond donors (Lipinski definition) is 3. The summed E-state index contributed by atoms with van der Waals surface area (Å²) < 4.78 is 0. The van der Waals surface area contributed by atoms with Crippen molar-refractivity contribution in [2.45, 2.75) is 51.0 Å². The molecular formula is C20H22N4O3. The van der Waals surface area contributed by atoms with Gasteiger partial charge in [0, 0.05) is 30.7 Å². The molecule has 0 saturated carbocycles. The number of aliphatic carboxylic acids is 1. The number of fused-ring (bicyclic) bond motifs is 2. The predicted octanol–water partition coefficient (Wildman–Crippen LogP) is 2.27. The smallest absolute Gasteiger partial charge is 0.326 e. The van der Waals surface area contributed by atoms with Crippen LogP contribution in [0, 0.1) is 0 Å². The fourth-order valence-corrected chi connectivity index (χ4v) is 4.12. The van der Waals surface area contributed by atoms with Gasteiger partial charge in [-0.05, 0) is 60.8 Å². The molecule has 1 atom stereocenters. The van der Waals surface area contributed by atoms with Gasteiger partial charge in [0.15, 0.2) is 0 Å². The molecule has 1 heterocycles. The molecule has 2 aliphatic rings. The van der Waals surface area contributed by atoms with Gasteiger partial charge in [-0.15, -0.1) is 0 Å². The van der Waals surface area contributed by atoms with Gasteiger partial charge in [-0.2, -0.15) is 0 Å². The maximum Gasteiger partial charge on any atom is 0.326 e. The number of carboxylic acids is 1. The SMILES string of the molecule is O=C(Nc1c2c(cc3c1CCC3)CCC2)NC(Cc1cnccn1)C(=O)O. The van der Waals surface area contributed by atoms with Gasteiger partial charge in [0.1, 0.15) is 6.04 Å². The maximum absolute atomic E-state index is 12.6. The van der Waals surface area contributed by atoms with E-state index in [0.29, 0.717) is 5.69 Å². The fraction of sp³-hybridized carbons (Fsp3) is 0.400. The van der Waals surface area contributed by atoms with Gasteiger partial charge >= 0.3 is 12.0 Å². The van der Waals surface area contributed by atoms with Crippen molar-refractivity contribution in [3.63, 3.8) is 0 Å². The first-order chi connectivity index (χ1) is 13.1. The van der Waals surface area contributed by atoms with Crippen molar-refractivity contribution in [1.29, 1.82) is 0 Å². The summed E-state index contributed by atoms with van der Waals surface area (Å²) >= 11 is 0. The molecule has 4 rings (SSSR count). The Bertz CT molecular complexity index is 850. The zero-order chi connectivity index (χ0) is 18.8. The highest BCUT2D eigenvalue weighted by Crippen LogP contribution is 2.38. The van der Waals surface area contributed by atoms with Gasteiger partial charge in [-0.3, -0.25) is 9.97 Å². The van der Waals surface area contributed by atoms with Crippen LogP contribution in [0.4, 0.5) is 10.5 Å². The van der Waals surface area contributed by atoms with Gasteiger partial charge in [0.05, 0.1) is 5.69 Å². The maximum atomic E-state index is 12.6. The number of hydrogen-bond acceptors (Lipinski definition) is 4. The number of anilines is 1. The van der Waals surface area contributed by atoms with E-state index in [1.165, 1.54) is 40.8 Å². The second-order valence-electron chi connectivity index (χ2n) is 7.12. The number of urea groups is 1. The second-order valence-corrected chi connectivity index (χ2v) is 7.12. The van der Waals surface area contributed by atoms with Crippen LogP contribution < -0.4 is 10.6 Å². The highest BCUT2D eigenvalue weighted by atomic mass is 16.4. The van der Waals surface area contributed by atoms with Crippen molar-refractivity contribution >= 4 is 17.7 Å². The number of nitrogens with zero attached hydrogens (tertiary/aromatic N) is 2. The lowest BCUT2D eigenvalue weighted by atomic mass is 9.99. The summed E-state index contributed by atoms with van der Waals surface area (Å²) in [7, 11) is 0. The molecule has 7 heteroatoms. The molecule has 27 heavy (non-hydrogen) atoms. The third-order valence-electron chi connectivity index (χ3n) is 5.34. The Morgan fingerprint density at radius 3 is 2.37 bits per heavy atom. The topological polar surface area (TPSA) is 104 Å². The molecule has 140 valence electrons. The average molecular weight is 366 g/mol. The number of aromatic nitrogens is 2. The Kier molecular flexibility index (Phi) is 4.75. The standard InChI is InChI=1S/C20H22N4O3/c25-19(26)17(10-14-11-21-7-8-22-14)23-20(27)24-18-15-5-1-3-12(15)9-13-4-2-6-16(13)18/h7-9,11,17H,1-6,10H2,(H,25,26)(H2,23,24,27). The van der Waals surface area contributed by atoms with Crippen LogP contribution in [0.2, 0.25) is 0 Å². The van der Waals surface area contributed by atoms with Crippen LogP contribution in [-0.2, 0) is 36.9 Å². The number of carbonyl (C=O) groups is 2. The lowest BCUT2D eigenvalue weighted by molar-refractivity contribution is -0.139. The molecule has 3 N–H and O–H groups in total. The van der Waals surface area contributed by atoms with E-state index < -0.39 is 18.0 Å². The lowest BCUT2D eigenvalue weighted by Gasteiger charge is -2.19. The van der Waals surface area contributed by atoms with Crippen molar-refractivity contribution < 1.29 is 14.7 Å². The number of rotatable bonds is 5. The van der Waals surface area contributed by atoms with E-state index in [1.54, 1.807) is 0 Å². The minimum absolute atomic E-state index is 0.0849. The molecule has 0 bridgehead atoms. The third-order valence-corrected chi connectivity index (χ3v) is 5.34. The van der Waals surface area contributed by atoms with Crippen LogP contribution in [0.1, 0.15) is 40.8 Å². The Balaban J connectivity index is 1.52. The summed E-state index contributed by atoms with van der Waals surface area (Å²) in [5.74, 6) is -1.10. The monoisotopic (exact) mass is 366 g/mol. The van der Waals surface area contributed by atoms with Crippen molar-refractivity contribution in [2.75, 3.05) is 5.32 Å². The Morgan fingerprint density at radius 2 is 1.78 bits per heavy atom. The molecule has 1 aromatic carbocycles. The summed E-state index contributed by atoms with van der Waals surface area (Å²) in [6, 6.07) is 0.745. The van der Waals surface area contributed by atoms with Crippen molar-refractivity contribution in [3.8, 4) is 0 Å². The Morgan fingerprint density at radius 1 is 1.07 bits per heavy atom. The first-order valence-corrected chi connectivity index (χ1v) is 9.33. The van der Waals surface area contributed by atoms with E-state index in [9.17, 15) is 14.7 Å². The molecule has 0 aliphatic heterocycles. The zero-order valence-corrected chi connectivity index (χ0v) is 15.0. The van der Waals surface area contributed by atoms with Gasteiger partial charge in [0.2, 0.25) is 0 Å². The molecule has 0 spiro atoms. The first-order valence-electron chi connectivity index (χ1n) is 9.33. The minimum atomic E-state index is -1.10. The number of carboxylic acid groups (broad SMARTS) is 1. The van der Waals surface area contributed by atoms with Crippen molar-refractivity contribution in [1.82, 2.24) is 15.3 Å². The van der Waals surface area contributed by atoms with E-state index in [2.05, 4.69) is 26.7 Å². The molecule has 2 aromatic rings. The van der Waals surface area contributed by atoms with Crippen LogP contribution in [-0.4, -0.2) is 33.1 Å². The predicted molar refractivity (Wildman–Crippen MR) is 99.8 cm³/mol. The van der Waals surface area contributed by atoms with E-state index in [-0.39, 0.29) is 6.42 Å². The van der Waals surface area contributed by atoms with Crippen LogP contribution in [0.15, 0.2) is 24.7 Å². The largest absolute Gasteiger partial charge is 0.480 e. The summed E-state index contributed by atoms with van der Waals surface area (Å²) in [5.41, 5.74) is 6.49. The van der Waals surface area contributed by atoms with E-state index in [1.807, 2.05) is 0 Å². The highest BCUT2D eigenvalue weighted by molar-refractivity contribution is 5.94. The molecule has 0 saturated heterocycles. The molecular weight excluding hydrogens is 344 g/mol. The number of nitrogens with one attached hydrogen (secondary N) is 2. The number of benzene rings is 1. The molecule has 7 nitrogen and oxygen atoms in total. The summed E-state index contributed by atoms with van der Waals surface area (Å²) in [4.78, 5) is 32.2. The molecule has 2 amide bonds. The van der Waals surface area contributed by atoms with E-state index in [0.717, 1.165) is 44.2 Å². The molecule has 1 unspecified atom stereocenters. The van der Waals surface area contributed by atoms with Gasteiger partial charge in [-0.1, -0.05) is 6.07 Å². The Hall–Kier alpha value is -2.96. The van der Waals surface area contributed by atoms with E-state index >= 15 is 0 Å². The summed E-state index contributed by atoms with van der Waals surface area (Å²) in [6.07, 6.45) is 10.8. The number of carbonyl (C=O) groups excluding carboxylic acids is 1. The van der Waals surface area contributed by atoms with Crippen LogP contribution in [0.5, 0.6) is 0 Å². The quantitative estimate of drug-likeness (QED) is 0.753. The number of aryl methyl sites for hydroxylation is 2. The van der Waals surface area contributed by atoms with Gasteiger partial charge in [0.25, 0.3) is 0 Å². The third kappa shape index (κ3) is 3.63. The fourth-order valence-electron chi connectivity index (χ4n) is 4.12. The lowest BCUT2D eigenvalue weighted by Crippen LogP contribution is -2.44. The first kappa shape index (κ1) is 17.5. The molecule has 2 aliphatic carbocycles. The van der Waals surface area contributed by atoms with Crippen molar-refractivity contribution in [2.24, 2.45) is 0 Å². The van der Waals surface area contributed by atoms with Gasteiger partial charge in [-0.25, -0.2) is 9.59 Å². The van der Waals surface area contributed by atoms with Crippen LogP contribution in [0.3, 0.4) is 0 Å². The summed E-state index contributed by atoms with van der Waals surface area (Å²) in [6.45, 7) is 0. The highest BCUT2D eigenvalue weighted by Gasteiger charge is 2.26. The van der Waals surface area contributed by atoms with Gasteiger partial charge < -0.3 is 15.7 Å². The minimum Gasteiger partial charge on any atom is -0.480 e. The van der Waals surface area contributed by atoms with Crippen molar-refractivity contribution in [3.05, 3.63) is 52.6 Å². The van der Waals surface area contributed by atoms with Crippen LogP contribution in [0.25, 0.3) is 0 Å². The Labute approximate surface area is 157 Å². The molecule has 1 aromatic heterocycles. The van der Waals surface area contributed by atoms with Crippen LogP contribution >= 0.6 is 0 Å². The summed E-state index contributed by atoms with van der Waals surface area (Å²) in [5, 5.41) is 15.0. The zero-order valence-electron chi connectivity index (χ0n) is 15.0.